The normalized spacial score (nSPS) is 23.6. The predicted molar refractivity (Wildman–Crippen MR) is 65.0 cm³/mol. The summed E-state index contributed by atoms with van der Waals surface area (Å²) in [6, 6.07) is 7.83. The number of amides is 1. The molecule has 4 nitrogen and oxygen atoms in total. The minimum atomic E-state index is -0.162. The van der Waals surface area contributed by atoms with Crippen molar-refractivity contribution in [2.75, 3.05) is 18.2 Å². The molecule has 0 aromatic heterocycles. The Kier molecular flexibility index (Phi) is 2.44. The van der Waals surface area contributed by atoms with Gasteiger partial charge in [0.15, 0.2) is 0 Å². The maximum absolute atomic E-state index is 12.2. The summed E-state index contributed by atoms with van der Waals surface area (Å²) in [5.41, 5.74) is 2.97. The van der Waals surface area contributed by atoms with Gasteiger partial charge in [0.25, 0.3) is 5.91 Å². The molecule has 1 amide bonds. The molecule has 1 saturated heterocycles. The number of benzene rings is 1. The van der Waals surface area contributed by atoms with Crippen LogP contribution < -0.4 is 5.01 Å². The van der Waals surface area contributed by atoms with Gasteiger partial charge in [-0.25, -0.2) is 5.01 Å². The Morgan fingerprint density at radius 3 is 2.82 bits per heavy atom. The number of hydrogen-bond acceptors (Lipinski definition) is 3. The van der Waals surface area contributed by atoms with Crippen LogP contribution in [-0.4, -0.2) is 24.8 Å². The van der Waals surface area contributed by atoms with Gasteiger partial charge in [-0.3, -0.25) is 4.79 Å². The van der Waals surface area contributed by atoms with Gasteiger partial charge in [-0.05, 0) is 19.1 Å². The molecule has 0 saturated carbocycles. The minimum Gasteiger partial charge on any atom is -0.380 e. The van der Waals surface area contributed by atoms with Crippen molar-refractivity contribution in [1.82, 2.24) is 0 Å². The predicted octanol–water partition coefficient (Wildman–Crippen LogP) is 1.73. The zero-order valence-electron chi connectivity index (χ0n) is 9.72. The zero-order chi connectivity index (χ0) is 11.8. The van der Waals surface area contributed by atoms with Gasteiger partial charge in [0, 0.05) is 6.42 Å². The van der Waals surface area contributed by atoms with E-state index < -0.39 is 0 Å². The van der Waals surface area contributed by atoms with Crippen LogP contribution in [0.2, 0.25) is 0 Å². The van der Waals surface area contributed by atoms with Crippen molar-refractivity contribution in [3.8, 4) is 0 Å². The number of carbonyl (C=O) groups excluding carboxylic acids is 1. The van der Waals surface area contributed by atoms with E-state index in [1.807, 2.05) is 31.2 Å². The highest BCUT2D eigenvalue weighted by Gasteiger charge is 2.38. The molecule has 17 heavy (non-hydrogen) atoms. The van der Waals surface area contributed by atoms with Crippen molar-refractivity contribution < 1.29 is 9.53 Å². The van der Waals surface area contributed by atoms with E-state index in [9.17, 15) is 4.79 Å². The number of aryl methyl sites for hydroxylation is 1. The highest BCUT2D eigenvalue weighted by atomic mass is 16.5. The highest BCUT2D eigenvalue weighted by molar-refractivity contribution is 6.15. The molecule has 0 aliphatic carbocycles. The first-order valence-electron chi connectivity index (χ1n) is 5.81. The van der Waals surface area contributed by atoms with Crippen molar-refractivity contribution in [2.45, 2.75) is 13.3 Å². The fourth-order valence-corrected chi connectivity index (χ4v) is 2.18. The van der Waals surface area contributed by atoms with E-state index in [4.69, 9.17) is 4.74 Å². The lowest BCUT2D eigenvalue weighted by Crippen LogP contribution is -2.33. The lowest BCUT2D eigenvalue weighted by molar-refractivity contribution is -0.121. The molecular weight excluding hydrogens is 216 g/mol. The van der Waals surface area contributed by atoms with Crippen molar-refractivity contribution in [1.29, 1.82) is 0 Å². The van der Waals surface area contributed by atoms with E-state index in [1.54, 1.807) is 0 Å². The molecule has 4 heteroatoms. The van der Waals surface area contributed by atoms with Gasteiger partial charge in [-0.15, -0.1) is 0 Å². The molecule has 2 aliphatic rings. The Balaban J connectivity index is 1.92. The third-order valence-electron chi connectivity index (χ3n) is 3.20. The Labute approximate surface area is 99.9 Å². The van der Waals surface area contributed by atoms with Gasteiger partial charge >= 0.3 is 0 Å². The topological polar surface area (TPSA) is 41.9 Å². The molecule has 0 bridgehead atoms. The van der Waals surface area contributed by atoms with E-state index in [-0.39, 0.29) is 11.8 Å². The molecule has 0 N–H and O–H groups in total. The van der Waals surface area contributed by atoms with Crippen LogP contribution in [0.4, 0.5) is 5.69 Å². The van der Waals surface area contributed by atoms with Crippen LogP contribution in [0.3, 0.4) is 0 Å². The van der Waals surface area contributed by atoms with Crippen molar-refractivity contribution in [2.24, 2.45) is 11.0 Å². The summed E-state index contributed by atoms with van der Waals surface area (Å²) in [4.78, 5) is 12.2. The summed E-state index contributed by atoms with van der Waals surface area (Å²) in [6.45, 7) is 3.17. The van der Waals surface area contributed by atoms with Crippen molar-refractivity contribution in [3.63, 3.8) is 0 Å². The van der Waals surface area contributed by atoms with Crippen LogP contribution >= 0.6 is 0 Å². The lowest BCUT2D eigenvalue weighted by atomic mass is 10.0. The SMILES string of the molecule is Cc1ccc(N2N=C3CCOCC3C2=O)cc1. The van der Waals surface area contributed by atoms with Crippen LogP contribution in [0.15, 0.2) is 29.4 Å². The van der Waals surface area contributed by atoms with E-state index in [2.05, 4.69) is 5.10 Å². The maximum Gasteiger partial charge on any atom is 0.258 e. The monoisotopic (exact) mass is 230 g/mol. The number of rotatable bonds is 1. The van der Waals surface area contributed by atoms with Gasteiger partial charge in [0.1, 0.15) is 5.92 Å². The molecule has 0 spiro atoms. The number of hydrazone groups is 1. The highest BCUT2D eigenvalue weighted by Crippen LogP contribution is 2.27. The average molecular weight is 230 g/mol. The summed E-state index contributed by atoms with van der Waals surface area (Å²) in [6.07, 6.45) is 0.763. The first kappa shape index (κ1) is 10.5. The number of ether oxygens (including phenoxy) is 1. The average Bonchev–Trinajstić information content (AvgIpc) is 2.69. The maximum atomic E-state index is 12.2. The molecule has 1 aromatic carbocycles. The van der Waals surface area contributed by atoms with Gasteiger partial charge < -0.3 is 4.74 Å². The number of anilines is 1. The Hall–Kier alpha value is -1.68. The van der Waals surface area contributed by atoms with E-state index in [0.717, 1.165) is 17.8 Å². The largest absolute Gasteiger partial charge is 0.380 e. The molecule has 3 rings (SSSR count). The summed E-state index contributed by atoms with van der Waals surface area (Å²) in [5.74, 6) is -0.131. The fourth-order valence-electron chi connectivity index (χ4n) is 2.18. The Morgan fingerprint density at radius 1 is 1.35 bits per heavy atom. The molecule has 1 unspecified atom stereocenters. The van der Waals surface area contributed by atoms with E-state index >= 15 is 0 Å². The zero-order valence-corrected chi connectivity index (χ0v) is 9.72. The lowest BCUT2D eigenvalue weighted by Gasteiger charge is -2.17. The summed E-state index contributed by atoms with van der Waals surface area (Å²) < 4.78 is 5.33. The smallest absolute Gasteiger partial charge is 0.258 e. The van der Waals surface area contributed by atoms with Crippen LogP contribution in [0, 0.1) is 12.8 Å². The third-order valence-corrected chi connectivity index (χ3v) is 3.20. The van der Waals surface area contributed by atoms with E-state index in [0.29, 0.717) is 13.2 Å². The molecular formula is C13H14N2O2. The number of nitrogens with zero attached hydrogens (tertiary/aromatic N) is 2. The van der Waals surface area contributed by atoms with Crippen LogP contribution in [-0.2, 0) is 9.53 Å². The molecule has 2 aliphatic heterocycles. The van der Waals surface area contributed by atoms with Gasteiger partial charge in [-0.2, -0.15) is 5.10 Å². The van der Waals surface area contributed by atoms with Crippen molar-refractivity contribution >= 4 is 17.3 Å². The second kappa shape index (κ2) is 3.96. The standard InChI is InChI=1S/C13H14N2O2/c1-9-2-4-10(5-3-9)15-13(16)11-8-17-7-6-12(11)14-15/h2-5,11H,6-8H2,1H3. The second-order valence-electron chi connectivity index (χ2n) is 4.45. The Morgan fingerprint density at radius 2 is 2.12 bits per heavy atom. The number of fused-ring (bicyclic) bond motifs is 1. The third kappa shape index (κ3) is 1.74. The fraction of sp³-hybridized carbons (Fsp3) is 0.385. The summed E-state index contributed by atoms with van der Waals surface area (Å²) >= 11 is 0. The van der Waals surface area contributed by atoms with Crippen molar-refractivity contribution in [3.05, 3.63) is 29.8 Å². The van der Waals surface area contributed by atoms with Gasteiger partial charge in [0.05, 0.1) is 24.6 Å². The quantitative estimate of drug-likeness (QED) is 0.737. The first-order chi connectivity index (χ1) is 8.25. The Bertz CT molecular complexity index is 479. The summed E-state index contributed by atoms with van der Waals surface area (Å²) in [5, 5.41) is 5.92. The number of hydrogen-bond donors (Lipinski definition) is 0. The molecule has 0 radical (unpaired) electrons. The molecule has 1 aromatic rings. The van der Waals surface area contributed by atoms with Crippen LogP contribution in [0.25, 0.3) is 0 Å². The van der Waals surface area contributed by atoms with Gasteiger partial charge in [-0.1, -0.05) is 17.7 Å². The van der Waals surface area contributed by atoms with Gasteiger partial charge in [0.2, 0.25) is 0 Å². The van der Waals surface area contributed by atoms with Crippen LogP contribution in [0.1, 0.15) is 12.0 Å². The molecule has 88 valence electrons. The second-order valence-corrected chi connectivity index (χ2v) is 4.45. The minimum absolute atomic E-state index is 0.0311. The molecule has 2 heterocycles. The van der Waals surface area contributed by atoms with E-state index in [1.165, 1.54) is 10.6 Å². The molecule has 1 atom stereocenters. The number of carbonyl (C=O) groups is 1. The first-order valence-corrected chi connectivity index (χ1v) is 5.81. The van der Waals surface area contributed by atoms with Crippen LogP contribution in [0.5, 0.6) is 0 Å². The summed E-state index contributed by atoms with van der Waals surface area (Å²) in [7, 11) is 0. The molecule has 1 fully saturated rings.